The van der Waals surface area contributed by atoms with E-state index in [-0.39, 0.29) is 40.3 Å². The maximum absolute atomic E-state index is 13.2. The maximum atomic E-state index is 13.2. The lowest BCUT2D eigenvalue weighted by Gasteiger charge is -2.11. The van der Waals surface area contributed by atoms with Gasteiger partial charge in [0, 0.05) is 0 Å². The Labute approximate surface area is 370 Å². The van der Waals surface area contributed by atoms with Crippen LogP contribution in [0.2, 0.25) is 0 Å². The highest BCUT2D eigenvalue weighted by molar-refractivity contribution is 5.89. The van der Waals surface area contributed by atoms with Gasteiger partial charge in [-0.05, 0) is 56.2 Å². The van der Waals surface area contributed by atoms with E-state index in [4.69, 9.17) is 14.3 Å². The highest BCUT2D eigenvalue weighted by atomic mass is 19.4. The average Bonchev–Trinajstić information content (AvgIpc) is 4.02. The molecule has 18 nitrogen and oxygen atoms in total. The molecule has 5 rings (SSSR count). The summed E-state index contributed by atoms with van der Waals surface area (Å²) in [6.45, 7) is 4.10. The second-order valence-corrected chi connectivity index (χ2v) is 11.9. The smallest absolute Gasteiger partial charge is 0.446 e. The number of hydrogen-bond donors (Lipinski definition) is 1. The number of carbonyl (C=O) groups excluding carboxylic acids is 4. The van der Waals surface area contributed by atoms with Crippen molar-refractivity contribution in [3.8, 4) is 11.5 Å². The summed E-state index contributed by atoms with van der Waals surface area (Å²) < 4.78 is 171. The molecule has 370 valence electrons. The summed E-state index contributed by atoms with van der Waals surface area (Å²) in [5, 5.41) is 20.9. The van der Waals surface area contributed by atoms with Gasteiger partial charge in [-0.2, -0.15) is 63.0 Å². The Kier molecular flexibility index (Phi) is 21.9. The number of benzene rings is 2. The molecule has 0 unspecified atom stereocenters. The summed E-state index contributed by atoms with van der Waals surface area (Å²) in [5.74, 6) is -2.22. The van der Waals surface area contributed by atoms with Crippen LogP contribution < -0.4 is 9.47 Å². The number of nitrogens with one attached hydrogen (secondary N) is 1. The highest BCUT2D eigenvalue weighted by Gasteiger charge is 2.43. The number of esters is 3. The Balaban J connectivity index is 0.000000481. The van der Waals surface area contributed by atoms with Crippen molar-refractivity contribution in [1.82, 2.24) is 45.4 Å². The summed E-state index contributed by atoms with van der Waals surface area (Å²) in [5.41, 5.74) is -5.17. The molecule has 3 aromatic heterocycles. The van der Waals surface area contributed by atoms with Crippen molar-refractivity contribution in [2.45, 2.75) is 66.0 Å². The standard InChI is InChI=1S/2C14H14F3N3O3.C6H6F3N3O2.C2HF3O.CH4/c1-3-23-13(21)11-12(14(15,16)17)18-19-20(11)8-9-4-6-10(22-2)7-5-9;1-3-23-13(21)11-12(14(15,16)17)20(19-18-11)8-9-4-6-10(22-2)7-5-9;1-2-14-5(13)3-4(6(7,8)9)11-12-10-3;3-2(4,5)1-6;/h2*4-7H,3,8H2,1-2H3;2H2,1H3,(H,10,11,12);1H;1H4. The van der Waals surface area contributed by atoms with Crippen LogP contribution in [0.3, 0.4) is 0 Å². The molecule has 2 aromatic carbocycles. The van der Waals surface area contributed by atoms with E-state index in [1.165, 1.54) is 35.0 Å². The van der Waals surface area contributed by atoms with Gasteiger partial charge in [0.2, 0.25) is 29.1 Å². The molecule has 0 radical (unpaired) electrons. The van der Waals surface area contributed by atoms with Gasteiger partial charge >= 0.3 is 42.6 Å². The van der Waals surface area contributed by atoms with Crippen molar-refractivity contribution in [1.29, 1.82) is 0 Å². The van der Waals surface area contributed by atoms with Crippen LogP contribution in [0.5, 0.6) is 11.5 Å². The van der Waals surface area contributed by atoms with E-state index in [0.29, 0.717) is 27.3 Å². The quantitative estimate of drug-likeness (QED) is 0.0556. The number of methoxy groups -OCH3 is 2. The fourth-order valence-corrected chi connectivity index (χ4v) is 4.64. The number of aldehydes is 1. The molecule has 0 bridgehead atoms. The summed E-state index contributed by atoms with van der Waals surface area (Å²) in [4.78, 5) is 43.1. The van der Waals surface area contributed by atoms with Crippen molar-refractivity contribution in [2.75, 3.05) is 34.0 Å². The van der Waals surface area contributed by atoms with Gasteiger partial charge in [-0.1, -0.05) is 42.1 Å². The van der Waals surface area contributed by atoms with Gasteiger partial charge in [-0.15, -0.1) is 15.3 Å². The number of carbonyl (C=O) groups is 4. The first-order chi connectivity index (χ1) is 30.8. The van der Waals surface area contributed by atoms with Crippen LogP contribution in [-0.2, 0) is 50.6 Å². The number of H-pyrrole nitrogens is 1. The van der Waals surface area contributed by atoms with Gasteiger partial charge in [-0.25, -0.2) is 23.7 Å². The third kappa shape index (κ3) is 17.9. The van der Waals surface area contributed by atoms with Crippen LogP contribution in [0.15, 0.2) is 48.5 Å². The van der Waals surface area contributed by atoms with E-state index in [2.05, 4.69) is 45.0 Å². The number of hydrogen-bond acceptors (Lipinski definition) is 15. The summed E-state index contributed by atoms with van der Waals surface area (Å²) >= 11 is 0. The van der Waals surface area contributed by atoms with Crippen molar-refractivity contribution >= 4 is 24.2 Å². The van der Waals surface area contributed by atoms with Gasteiger partial charge in [0.25, 0.3) is 0 Å². The summed E-state index contributed by atoms with van der Waals surface area (Å²) in [7, 11) is 2.99. The second-order valence-electron chi connectivity index (χ2n) is 11.9. The number of aromatic amines is 1. The predicted octanol–water partition coefficient (Wildman–Crippen LogP) is 7.44. The van der Waals surface area contributed by atoms with E-state index in [1.54, 1.807) is 53.7 Å². The molecule has 0 spiro atoms. The van der Waals surface area contributed by atoms with E-state index >= 15 is 0 Å². The summed E-state index contributed by atoms with van der Waals surface area (Å²) in [6, 6.07) is 13.1. The molecule has 5 aromatic rings. The first-order valence-corrected chi connectivity index (χ1v) is 18.1. The molecule has 0 aliphatic rings. The zero-order valence-electron chi connectivity index (χ0n) is 34.5. The molecule has 67 heavy (non-hydrogen) atoms. The first-order valence-electron chi connectivity index (χ1n) is 18.1. The minimum atomic E-state index is -4.79. The van der Waals surface area contributed by atoms with E-state index in [0.717, 1.165) is 4.68 Å². The Bertz CT molecular complexity index is 2330. The van der Waals surface area contributed by atoms with Gasteiger partial charge in [0.15, 0.2) is 11.4 Å². The van der Waals surface area contributed by atoms with Crippen molar-refractivity contribution in [3.05, 3.63) is 93.8 Å². The minimum absolute atomic E-state index is 0. The number of aromatic nitrogens is 9. The molecular formula is C37H39F12N9O9. The third-order valence-electron chi connectivity index (χ3n) is 7.35. The maximum Gasteiger partial charge on any atom is 0.446 e. The van der Waals surface area contributed by atoms with Crippen LogP contribution in [0.1, 0.15) is 87.9 Å². The predicted molar refractivity (Wildman–Crippen MR) is 202 cm³/mol. The Morgan fingerprint density at radius 3 is 1.37 bits per heavy atom. The monoisotopic (exact) mass is 981 g/mol. The second kappa shape index (κ2) is 25.4. The van der Waals surface area contributed by atoms with E-state index < -0.39 is 83.1 Å². The van der Waals surface area contributed by atoms with Crippen LogP contribution in [0.4, 0.5) is 52.7 Å². The first kappa shape index (κ1) is 57.7. The molecule has 30 heteroatoms. The molecule has 1 N–H and O–H groups in total. The van der Waals surface area contributed by atoms with Crippen molar-refractivity contribution in [2.24, 2.45) is 0 Å². The zero-order valence-corrected chi connectivity index (χ0v) is 34.5. The lowest BCUT2D eigenvalue weighted by atomic mass is 10.2. The lowest BCUT2D eigenvalue weighted by molar-refractivity contribution is -0.156. The molecule has 0 saturated carbocycles. The third-order valence-corrected chi connectivity index (χ3v) is 7.35. The van der Waals surface area contributed by atoms with Crippen LogP contribution in [0.25, 0.3) is 0 Å². The SMILES string of the molecule is C.CCOC(=O)c1c(C(F)(F)F)nnn1Cc1ccc(OC)cc1.CCOC(=O)c1n[nH]nc1C(F)(F)F.CCOC(=O)c1nnn(Cc2ccc(OC)cc2)c1C(F)(F)F.O=CC(F)(F)F. The van der Waals surface area contributed by atoms with Gasteiger partial charge < -0.3 is 23.7 Å². The van der Waals surface area contributed by atoms with Crippen LogP contribution >= 0.6 is 0 Å². The van der Waals surface area contributed by atoms with Gasteiger partial charge in [0.05, 0.1) is 47.1 Å². The number of ether oxygens (including phenoxy) is 5. The Morgan fingerprint density at radius 2 is 0.985 bits per heavy atom. The normalized spacial score (nSPS) is 11.2. The van der Waals surface area contributed by atoms with Crippen LogP contribution in [-0.4, -0.2) is 110 Å². The number of halogens is 12. The highest BCUT2D eigenvalue weighted by Crippen LogP contribution is 2.33. The largest absolute Gasteiger partial charge is 0.497 e. The average molecular weight is 982 g/mol. The lowest BCUT2D eigenvalue weighted by Crippen LogP contribution is -2.20. The van der Waals surface area contributed by atoms with Crippen molar-refractivity contribution in [3.63, 3.8) is 0 Å². The van der Waals surface area contributed by atoms with Crippen molar-refractivity contribution < 1.29 is 95.5 Å². The van der Waals surface area contributed by atoms with E-state index in [9.17, 15) is 67.1 Å². The number of alkyl halides is 12. The molecule has 0 aliphatic carbocycles. The minimum Gasteiger partial charge on any atom is -0.497 e. The molecule has 0 amide bonds. The van der Waals surface area contributed by atoms with Gasteiger partial charge in [-0.3, -0.25) is 4.79 Å². The Morgan fingerprint density at radius 1 is 0.582 bits per heavy atom. The molecular weight excluding hydrogens is 942 g/mol. The number of rotatable bonds is 12. The molecule has 3 heterocycles. The topological polar surface area (TPSA) is 217 Å². The van der Waals surface area contributed by atoms with Crippen LogP contribution in [0, 0.1) is 0 Å². The number of nitrogens with zero attached hydrogens (tertiary/aromatic N) is 8. The van der Waals surface area contributed by atoms with E-state index in [1.807, 2.05) is 0 Å². The molecule has 0 aliphatic heterocycles. The molecule has 0 atom stereocenters. The summed E-state index contributed by atoms with van der Waals surface area (Å²) in [6.07, 6.45) is -20.0. The molecule has 0 saturated heterocycles. The van der Waals surface area contributed by atoms with Gasteiger partial charge in [0.1, 0.15) is 11.5 Å². The fourth-order valence-electron chi connectivity index (χ4n) is 4.64. The zero-order chi connectivity index (χ0) is 50.0. The molecule has 0 fully saturated rings. The fraction of sp³-hybridized carbons (Fsp3) is 0.405. The Hall–Kier alpha value is -7.30.